The van der Waals surface area contributed by atoms with Crippen molar-refractivity contribution < 1.29 is 13.2 Å². The van der Waals surface area contributed by atoms with Gasteiger partial charge in [-0.3, -0.25) is 4.79 Å². The Hall–Kier alpha value is -1.15. The highest BCUT2D eigenvalue weighted by atomic mass is 35.5. The van der Waals surface area contributed by atoms with Crippen LogP contribution in [0.25, 0.3) is 0 Å². The summed E-state index contributed by atoms with van der Waals surface area (Å²) in [5.74, 6) is 0.00795. The molecule has 0 saturated carbocycles. The zero-order valence-electron chi connectivity index (χ0n) is 13.4. The first kappa shape index (κ1) is 19.9. The Balaban J connectivity index is 0.00000264. The second kappa shape index (κ2) is 8.10. The van der Waals surface area contributed by atoms with E-state index in [-0.39, 0.29) is 35.2 Å². The monoisotopic (exact) mass is 361 g/mol. The third-order valence-electron chi connectivity index (χ3n) is 3.98. The topological polar surface area (TPSA) is 92.5 Å². The maximum absolute atomic E-state index is 12.7. The number of halogens is 1. The molecule has 1 amide bonds. The molecule has 0 aliphatic carbocycles. The highest BCUT2D eigenvalue weighted by molar-refractivity contribution is 7.89. The van der Waals surface area contributed by atoms with Gasteiger partial charge in [-0.2, -0.15) is 4.31 Å². The van der Waals surface area contributed by atoms with Crippen LogP contribution in [0, 0.1) is 5.92 Å². The minimum absolute atomic E-state index is 0. The Morgan fingerprint density at radius 2 is 1.96 bits per heavy atom. The van der Waals surface area contributed by atoms with Crippen LogP contribution in [0.1, 0.15) is 26.7 Å². The van der Waals surface area contributed by atoms with Crippen molar-refractivity contribution in [2.24, 2.45) is 11.7 Å². The lowest BCUT2D eigenvalue weighted by atomic mass is 9.93. The van der Waals surface area contributed by atoms with Crippen LogP contribution in [0.2, 0.25) is 0 Å². The first-order chi connectivity index (χ1) is 10.3. The molecule has 1 aliphatic rings. The molecule has 1 aromatic rings. The van der Waals surface area contributed by atoms with Crippen LogP contribution in [0.15, 0.2) is 29.2 Å². The average Bonchev–Trinajstić information content (AvgIpc) is 2.47. The van der Waals surface area contributed by atoms with Gasteiger partial charge in [0.1, 0.15) is 0 Å². The highest BCUT2D eigenvalue weighted by Gasteiger charge is 2.31. The molecule has 0 bridgehead atoms. The summed E-state index contributed by atoms with van der Waals surface area (Å²) in [6.45, 7) is 4.32. The molecule has 130 valence electrons. The smallest absolute Gasteiger partial charge is 0.243 e. The summed E-state index contributed by atoms with van der Waals surface area (Å²) in [7, 11) is -3.51. The predicted molar refractivity (Wildman–Crippen MR) is 93.1 cm³/mol. The Morgan fingerprint density at radius 1 is 1.35 bits per heavy atom. The number of carbonyl (C=O) groups excluding carboxylic acids is 1. The van der Waals surface area contributed by atoms with Crippen molar-refractivity contribution in [1.29, 1.82) is 0 Å². The molecule has 6 nitrogen and oxygen atoms in total. The summed E-state index contributed by atoms with van der Waals surface area (Å²) in [5.41, 5.74) is 6.50. The summed E-state index contributed by atoms with van der Waals surface area (Å²) in [6.07, 6.45) is 1.79. The minimum atomic E-state index is -3.51. The van der Waals surface area contributed by atoms with Crippen molar-refractivity contribution in [3.05, 3.63) is 24.3 Å². The van der Waals surface area contributed by atoms with Crippen LogP contribution in [0.3, 0.4) is 0 Å². The van der Waals surface area contributed by atoms with Gasteiger partial charge in [0.2, 0.25) is 15.9 Å². The molecule has 3 N–H and O–H groups in total. The van der Waals surface area contributed by atoms with Crippen molar-refractivity contribution in [2.45, 2.75) is 37.6 Å². The molecule has 1 heterocycles. The van der Waals surface area contributed by atoms with Gasteiger partial charge in [0.25, 0.3) is 0 Å². The Labute approximate surface area is 143 Å². The number of rotatable bonds is 4. The van der Waals surface area contributed by atoms with Gasteiger partial charge in [-0.25, -0.2) is 8.42 Å². The quantitative estimate of drug-likeness (QED) is 0.855. The molecule has 0 aromatic heterocycles. The van der Waals surface area contributed by atoms with Crippen LogP contribution in [-0.4, -0.2) is 37.8 Å². The SMILES string of the molecule is CC(=O)Nc1ccc(S(=O)(=O)N2CCCC(C(C)N)C2)cc1.Cl. The third kappa shape index (κ3) is 4.91. The van der Waals surface area contributed by atoms with Crippen LogP contribution in [0.5, 0.6) is 0 Å². The van der Waals surface area contributed by atoms with Crippen LogP contribution >= 0.6 is 12.4 Å². The lowest BCUT2D eigenvalue weighted by molar-refractivity contribution is -0.114. The van der Waals surface area contributed by atoms with Crippen LogP contribution in [-0.2, 0) is 14.8 Å². The number of carbonyl (C=O) groups is 1. The number of anilines is 1. The van der Waals surface area contributed by atoms with Crippen molar-refractivity contribution >= 4 is 34.0 Å². The molecule has 1 fully saturated rings. The summed E-state index contributed by atoms with van der Waals surface area (Å²) in [4.78, 5) is 11.2. The first-order valence-corrected chi connectivity index (χ1v) is 8.88. The van der Waals surface area contributed by atoms with Crippen molar-refractivity contribution in [1.82, 2.24) is 4.31 Å². The second-order valence-corrected chi connectivity index (χ2v) is 7.77. The molecule has 1 saturated heterocycles. The van der Waals surface area contributed by atoms with E-state index >= 15 is 0 Å². The minimum Gasteiger partial charge on any atom is -0.328 e. The lowest BCUT2D eigenvalue weighted by Crippen LogP contribution is -2.44. The number of hydrogen-bond acceptors (Lipinski definition) is 4. The van der Waals surface area contributed by atoms with E-state index < -0.39 is 10.0 Å². The summed E-state index contributed by atoms with van der Waals surface area (Å²) >= 11 is 0. The number of hydrogen-bond donors (Lipinski definition) is 2. The summed E-state index contributed by atoms with van der Waals surface area (Å²) in [5, 5.41) is 2.62. The number of nitrogens with one attached hydrogen (secondary N) is 1. The number of sulfonamides is 1. The maximum atomic E-state index is 12.7. The molecule has 2 unspecified atom stereocenters. The molecule has 1 aromatic carbocycles. The normalized spacial score (nSPS) is 20.4. The van der Waals surface area contributed by atoms with E-state index in [1.165, 1.54) is 23.4 Å². The van der Waals surface area contributed by atoms with Gasteiger partial charge in [0.15, 0.2) is 0 Å². The van der Waals surface area contributed by atoms with Gasteiger partial charge in [-0.15, -0.1) is 12.4 Å². The van der Waals surface area contributed by atoms with Gasteiger partial charge in [-0.05, 0) is 49.9 Å². The lowest BCUT2D eigenvalue weighted by Gasteiger charge is -2.33. The molecular weight excluding hydrogens is 338 g/mol. The zero-order valence-corrected chi connectivity index (χ0v) is 15.0. The molecule has 1 aliphatic heterocycles. The van der Waals surface area contributed by atoms with Crippen molar-refractivity contribution in [2.75, 3.05) is 18.4 Å². The molecular formula is C15H24ClN3O3S. The van der Waals surface area contributed by atoms with E-state index in [0.29, 0.717) is 18.8 Å². The fourth-order valence-electron chi connectivity index (χ4n) is 2.68. The van der Waals surface area contributed by atoms with E-state index in [1.54, 1.807) is 12.1 Å². The summed E-state index contributed by atoms with van der Waals surface area (Å²) < 4.78 is 26.9. The first-order valence-electron chi connectivity index (χ1n) is 7.44. The Kier molecular flexibility index (Phi) is 7.01. The van der Waals surface area contributed by atoms with Gasteiger partial charge in [0.05, 0.1) is 4.90 Å². The van der Waals surface area contributed by atoms with Gasteiger partial charge < -0.3 is 11.1 Å². The van der Waals surface area contributed by atoms with Gasteiger partial charge in [-0.1, -0.05) is 0 Å². The van der Waals surface area contributed by atoms with E-state index in [0.717, 1.165) is 12.8 Å². The Morgan fingerprint density at radius 3 is 2.48 bits per heavy atom. The molecule has 0 radical (unpaired) electrons. The van der Waals surface area contributed by atoms with Crippen molar-refractivity contribution in [3.8, 4) is 0 Å². The van der Waals surface area contributed by atoms with Crippen LogP contribution < -0.4 is 11.1 Å². The van der Waals surface area contributed by atoms with E-state index in [2.05, 4.69) is 5.32 Å². The standard InChI is InChI=1S/C15H23N3O3S.ClH/c1-11(16)13-4-3-9-18(10-13)22(20,21)15-7-5-14(6-8-15)17-12(2)19;/h5-8,11,13H,3-4,9-10,16H2,1-2H3,(H,17,19);1H. The largest absolute Gasteiger partial charge is 0.328 e. The number of nitrogens with two attached hydrogens (primary N) is 1. The molecule has 2 rings (SSSR count). The van der Waals surface area contributed by atoms with E-state index in [9.17, 15) is 13.2 Å². The van der Waals surface area contributed by atoms with Crippen LogP contribution in [0.4, 0.5) is 5.69 Å². The average molecular weight is 362 g/mol. The maximum Gasteiger partial charge on any atom is 0.243 e. The molecule has 8 heteroatoms. The fraction of sp³-hybridized carbons (Fsp3) is 0.533. The zero-order chi connectivity index (χ0) is 16.3. The highest BCUT2D eigenvalue weighted by Crippen LogP contribution is 2.25. The second-order valence-electron chi connectivity index (χ2n) is 5.83. The number of benzene rings is 1. The molecule has 23 heavy (non-hydrogen) atoms. The number of nitrogens with zero attached hydrogens (tertiary/aromatic N) is 1. The van der Waals surface area contributed by atoms with Gasteiger partial charge >= 0.3 is 0 Å². The van der Waals surface area contributed by atoms with Gasteiger partial charge in [0, 0.05) is 31.7 Å². The summed E-state index contributed by atoms with van der Waals surface area (Å²) in [6, 6.07) is 6.23. The number of amides is 1. The predicted octanol–water partition coefficient (Wildman–Crippen LogP) is 1.81. The third-order valence-corrected chi connectivity index (χ3v) is 5.86. The van der Waals surface area contributed by atoms with E-state index in [1.807, 2.05) is 6.92 Å². The Bertz CT molecular complexity index is 632. The van der Waals surface area contributed by atoms with Crippen molar-refractivity contribution in [3.63, 3.8) is 0 Å². The number of piperidine rings is 1. The van der Waals surface area contributed by atoms with E-state index in [4.69, 9.17) is 5.73 Å². The molecule has 2 atom stereocenters. The molecule has 0 spiro atoms. The fourth-order valence-corrected chi connectivity index (χ4v) is 4.22.